The van der Waals surface area contributed by atoms with Gasteiger partial charge in [0.05, 0.1) is 30.2 Å². The molecule has 1 aromatic carbocycles. The Morgan fingerprint density at radius 1 is 1.07 bits per heavy atom. The standard InChI is InChI=1S/C20H30BNO5/c1-7-22(18(24)15-12-10-9-11-13-15)16(14-17(23)25-8-2)21-26-19(3,4)20(5,6)27-21/h9-13,16H,7-8,14H2,1-6H3/t16-/m0/s1. The predicted molar refractivity (Wildman–Crippen MR) is 104 cm³/mol. The maximum atomic E-state index is 13.1. The zero-order valence-electron chi connectivity index (χ0n) is 17.2. The number of amides is 1. The maximum absolute atomic E-state index is 13.1. The summed E-state index contributed by atoms with van der Waals surface area (Å²) in [5.41, 5.74) is -0.552. The van der Waals surface area contributed by atoms with Crippen molar-refractivity contribution in [2.24, 2.45) is 0 Å². The van der Waals surface area contributed by atoms with Crippen LogP contribution in [0.3, 0.4) is 0 Å². The van der Waals surface area contributed by atoms with Crippen LogP contribution in [-0.2, 0) is 18.8 Å². The molecule has 1 aliphatic rings. The third-order valence-corrected chi connectivity index (χ3v) is 5.29. The van der Waals surface area contributed by atoms with Gasteiger partial charge >= 0.3 is 13.1 Å². The summed E-state index contributed by atoms with van der Waals surface area (Å²) in [6, 6.07) is 9.01. The fraction of sp³-hybridized carbons (Fsp3) is 0.600. The number of nitrogens with zero attached hydrogens (tertiary/aromatic N) is 1. The minimum Gasteiger partial charge on any atom is -0.466 e. The van der Waals surface area contributed by atoms with Crippen LogP contribution in [0.2, 0.25) is 0 Å². The van der Waals surface area contributed by atoms with Crippen LogP contribution in [0.15, 0.2) is 30.3 Å². The molecule has 0 unspecified atom stereocenters. The fourth-order valence-corrected chi connectivity index (χ4v) is 3.07. The van der Waals surface area contributed by atoms with Crippen LogP contribution in [0, 0.1) is 0 Å². The van der Waals surface area contributed by atoms with Crippen molar-refractivity contribution in [3.05, 3.63) is 35.9 Å². The molecule has 1 heterocycles. The number of benzene rings is 1. The lowest BCUT2D eigenvalue weighted by molar-refractivity contribution is -0.143. The van der Waals surface area contributed by atoms with E-state index in [0.717, 1.165) is 0 Å². The summed E-state index contributed by atoms with van der Waals surface area (Å²) in [5, 5.41) is 0. The van der Waals surface area contributed by atoms with E-state index >= 15 is 0 Å². The van der Waals surface area contributed by atoms with E-state index in [-0.39, 0.29) is 24.9 Å². The summed E-state index contributed by atoms with van der Waals surface area (Å²) < 4.78 is 17.4. The van der Waals surface area contributed by atoms with Crippen molar-refractivity contribution in [3.63, 3.8) is 0 Å². The molecule has 0 bridgehead atoms. The topological polar surface area (TPSA) is 65.1 Å². The third kappa shape index (κ3) is 4.71. The molecule has 1 aromatic rings. The van der Waals surface area contributed by atoms with Crippen LogP contribution in [0.25, 0.3) is 0 Å². The highest BCUT2D eigenvalue weighted by atomic mass is 16.7. The molecular formula is C20H30BNO5. The first-order valence-corrected chi connectivity index (χ1v) is 9.50. The van der Waals surface area contributed by atoms with Crippen molar-refractivity contribution in [2.45, 2.75) is 65.1 Å². The van der Waals surface area contributed by atoms with E-state index in [0.29, 0.717) is 12.1 Å². The lowest BCUT2D eigenvalue weighted by Crippen LogP contribution is -2.52. The number of rotatable bonds is 7. The highest BCUT2D eigenvalue weighted by Gasteiger charge is 2.55. The van der Waals surface area contributed by atoms with Crippen molar-refractivity contribution in [2.75, 3.05) is 13.2 Å². The quantitative estimate of drug-likeness (QED) is 0.541. The monoisotopic (exact) mass is 375 g/mol. The van der Waals surface area contributed by atoms with Crippen molar-refractivity contribution in [1.82, 2.24) is 4.90 Å². The first kappa shape index (κ1) is 21.4. The Hall–Kier alpha value is -1.86. The van der Waals surface area contributed by atoms with E-state index < -0.39 is 24.3 Å². The number of hydrogen-bond acceptors (Lipinski definition) is 5. The van der Waals surface area contributed by atoms with Crippen LogP contribution in [0.1, 0.15) is 58.3 Å². The summed E-state index contributed by atoms with van der Waals surface area (Å²) in [7, 11) is -0.716. The van der Waals surface area contributed by atoms with E-state index in [1.54, 1.807) is 24.0 Å². The normalized spacial score (nSPS) is 18.8. The Bertz CT molecular complexity index is 646. The fourth-order valence-electron chi connectivity index (χ4n) is 3.07. The molecule has 0 saturated carbocycles. The van der Waals surface area contributed by atoms with Gasteiger partial charge < -0.3 is 18.9 Å². The smallest absolute Gasteiger partial charge is 0.466 e. The summed E-state index contributed by atoms with van der Waals surface area (Å²) >= 11 is 0. The number of ether oxygens (including phenoxy) is 1. The highest BCUT2D eigenvalue weighted by molar-refractivity contribution is 6.48. The van der Waals surface area contributed by atoms with Gasteiger partial charge in [-0.15, -0.1) is 0 Å². The number of carbonyl (C=O) groups excluding carboxylic acids is 2. The molecule has 1 aliphatic heterocycles. The summed E-state index contributed by atoms with van der Waals surface area (Å²) in [6.07, 6.45) is 0.0110. The Morgan fingerprint density at radius 3 is 2.11 bits per heavy atom. The van der Waals surface area contributed by atoms with Crippen molar-refractivity contribution in [3.8, 4) is 0 Å². The lowest BCUT2D eigenvalue weighted by atomic mass is 9.74. The van der Waals surface area contributed by atoms with Gasteiger partial charge in [0.25, 0.3) is 5.91 Å². The molecule has 1 atom stereocenters. The van der Waals surface area contributed by atoms with Gasteiger partial charge in [0.15, 0.2) is 0 Å². The van der Waals surface area contributed by atoms with Crippen molar-refractivity contribution in [1.29, 1.82) is 0 Å². The average Bonchev–Trinajstić information content (AvgIpc) is 2.83. The molecule has 1 amide bonds. The van der Waals surface area contributed by atoms with E-state index in [1.165, 1.54) is 0 Å². The highest BCUT2D eigenvalue weighted by Crippen LogP contribution is 2.39. The molecule has 0 aliphatic carbocycles. The third-order valence-electron chi connectivity index (χ3n) is 5.29. The zero-order valence-corrected chi connectivity index (χ0v) is 17.2. The van der Waals surface area contributed by atoms with Gasteiger partial charge in [-0.3, -0.25) is 9.59 Å². The summed E-state index contributed by atoms with van der Waals surface area (Å²) in [4.78, 5) is 27.0. The average molecular weight is 375 g/mol. The Balaban J connectivity index is 2.33. The van der Waals surface area contributed by atoms with Gasteiger partial charge in [-0.1, -0.05) is 18.2 Å². The molecule has 0 N–H and O–H groups in total. The minimum absolute atomic E-state index is 0.0110. The first-order chi connectivity index (χ1) is 12.6. The van der Waals surface area contributed by atoms with Gasteiger partial charge in [0, 0.05) is 12.1 Å². The molecule has 1 saturated heterocycles. The molecule has 7 heteroatoms. The van der Waals surface area contributed by atoms with Crippen LogP contribution < -0.4 is 0 Å². The maximum Gasteiger partial charge on any atom is 0.482 e. The number of hydrogen-bond donors (Lipinski definition) is 0. The SMILES string of the molecule is CCOC(=O)C[C@@H](B1OC(C)(C)C(C)(C)O1)N(CC)C(=O)c1ccccc1. The van der Waals surface area contributed by atoms with Crippen molar-refractivity contribution < 1.29 is 23.6 Å². The second kappa shape index (κ2) is 8.44. The van der Waals surface area contributed by atoms with E-state index in [1.807, 2.05) is 52.8 Å². The largest absolute Gasteiger partial charge is 0.482 e. The van der Waals surface area contributed by atoms with Gasteiger partial charge in [-0.2, -0.15) is 0 Å². The Kier molecular flexibility index (Phi) is 6.70. The second-order valence-electron chi connectivity index (χ2n) is 7.66. The van der Waals surface area contributed by atoms with Crippen molar-refractivity contribution >= 4 is 19.0 Å². The van der Waals surface area contributed by atoms with Gasteiger partial charge in [0.1, 0.15) is 0 Å². The van der Waals surface area contributed by atoms with Crippen LogP contribution in [0.5, 0.6) is 0 Å². The number of esters is 1. The predicted octanol–water partition coefficient (Wildman–Crippen LogP) is 3.10. The van der Waals surface area contributed by atoms with Gasteiger partial charge in [-0.25, -0.2) is 0 Å². The molecule has 6 nitrogen and oxygen atoms in total. The van der Waals surface area contributed by atoms with Crippen LogP contribution in [0.4, 0.5) is 0 Å². The minimum atomic E-state index is -0.716. The zero-order chi connectivity index (χ0) is 20.2. The molecule has 2 rings (SSSR count). The molecule has 0 aromatic heterocycles. The molecule has 0 spiro atoms. The van der Waals surface area contributed by atoms with E-state index in [4.69, 9.17) is 14.0 Å². The lowest BCUT2D eigenvalue weighted by Gasteiger charge is -2.32. The second-order valence-corrected chi connectivity index (χ2v) is 7.66. The Morgan fingerprint density at radius 2 is 1.63 bits per heavy atom. The molecule has 0 radical (unpaired) electrons. The first-order valence-electron chi connectivity index (χ1n) is 9.50. The Labute approximate surface area is 162 Å². The van der Waals surface area contributed by atoms with Crippen LogP contribution >= 0.6 is 0 Å². The molecule has 148 valence electrons. The number of carbonyl (C=O) groups is 2. The summed E-state index contributed by atoms with van der Waals surface area (Å²) in [6.45, 7) is 12.1. The van der Waals surface area contributed by atoms with Gasteiger partial charge in [0.2, 0.25) is 0 Å². The van der Waals surface area contributed by atoms with Crippen LogP contribution in [-0.4, -0.2) is 54.2 Å². The van der Waals surface area contributed by atoms with E-state index in [9.17, 15) is 9.59 Å². The van der Waals surface area contributed by atoms with E-state index in [2.05, 4.69) is 0 Å². The molecule has 1 fully saturated rings. The summed E-state index contributed by atoms with van der Waals surface area (Å²) in [5.74, 6) is -1.12. The van der Waals surface area contributed by atoms with Gasteiger partial charge in [-0.05, 0) is 53.7 Å². The molecule has 27 heavy (non-hydrogen) atoms. The molecular weight excluding hydrogens is 345 g/mol.